The zero-order valence-electron chi connectivity index (χ0n) is 7.66. The third-order valence-electron chi connectivity index (χ3n) is 3.25. The lowest BCUT2D eigenvalue weighted by molar-refractivity contribution is -0.0325. The Balaban J connectivity index is 1.79. The molecule has 0 spiro atoms. The predicted molar refractivity (Wildman–Crippen MR) is 48.0 cm³/mol. The molecule has 2 atom stereocenters. The fourth-order valence-corrected chi connectivity index (χ4v) is 2.21. The van der Waals surface area contributed by atoms with E-state index < -0.39 is 0 Å². The van der Waals surface area contributed by atoms with Gasteiger partial charge >= 0.3 is 0 Å². The van der Waals surface area contributed by atoms with Crippen molar-refractivity contribution in [3.63, 3.8) is 0 Å². The summed E-state index contributed by atoms with van der Waals surface area (Å²) in [5, 5.41) is 12.5. The Labute approximate surface area is 73.8 Å². The maximum atomic E-state index is 9.15. The summed E-state index contributed by atoms with van der Waals surface area (Å²) < 4.78 is 0. The van der Waals surface area contributed by atoms with Gasteiger partial charge in [-0.1, -0.05) is 0 Å². The van der Waals surface area contributed by atoms with Crippen molar-refractivity contribution in [1.29, 1.82) is 0 Å². The number of aliphatic hydroxyl groups is 1. The van der Waals surface area contributed by atoms with Gasteiger partial charge < -0.3 is 10.4 Å². The molecule has 70 valence electrons. The largest absolute Gasteiger partial charge is 0.390 e. The molecule has 0 radical (unpaired) electrons. The van der Waals surface area contributed by atoms with Crippen LogP contribution in [0, 0.1) is 5.92 Å². The Hall–Kier alpha value is -0.120. The van der Waals surface area contributed by atoms with Crippen LogP contribution in [0.5, 0.6) is 0 Å². The number of β-amino-alcohol motifs (C(OH)–C–C–N with tert-alkyl or cyclic N) is 1. The zero-order chi connectivity index (χ0) is 8.55. The van der Waals surface area contributed by atoms with Gasteiger partial charge in [-0.3, -0.25) is 4.90 Å². The molecule has 12 heavy (non-hydrogen) atoms. The lowest BCUT2D eigenvalue weighted by atomic mass is 9.96. The number of hydrogen-bond donors (Lipinski definition) is 2. The summed E-state index contributed by atoms with van der Waals surface area (Å²) in [6, 6.07) is 0.656. The average Bonchev–Trinajstić information content (AvgIpc) is 2.49. The van der Waals surface area contributed by atoms with E-state index in [4.69, 9.17) is 5.11 Å². The van der Waals surface area contributed by atoms with Gasteiger partial charge in [-0.25, -0.2) is 0 Å². The van der Waals surface area contributed by atoms with Crippen molar-refractivity contribution < 1.29 is 5.11 Å². The quantitative estimate of drug-likeness (QED) is 0.595. The average molecular weight is 170 g/mol. The van der Waals surface area contributed by atoms with Crippen molar-refractivity contribution in [1.82, 2.24) is 10.2 Å². The predicted octanol–water partition coefficient (Wildman–Crippen LogP) is -0.339. The van der Waals surface area contributed by atoms with Crippen LogP contribution in [0.3, 0.4) is 0 Å². The van der Waals surface area contributed by atoms with Crippen LogP contribution in [0.15, 0.2) is 0 Å². The lowest BCUT2D eigenvalue weighted by Gasteiger charge is -2.42. The molecule has 0 bridgehead atoms. The van der Waals surface area contributed by atoms with E-state index in [1.165, 1.54) is 13.0 Å². The van der Waals surface area contributed by atoms with Crippen LogP contribution in [0.4, 0.5) is 0 Å². The topological polar surface area (TPSA) is 35.5 Å². The number of aliphatic hydroxyl groups excluding tert-OH is 1. The van der Waals surface area contributed by atoms with Gasteiger partial charge in [-0.2, -0.15) is 0 Å². The highest BCUT2D eigenvalue weighted by molar-refractivity contribution is 4.89. The number of nitrogens with one attached hydrogen (secondary N) is 1. The van der Waals surface area contributed by atoms with Crippen molar-refractivity contribution in [2.75, 3.05) is 26.2 Å². The van der Waals surface area contributed by atoms with Crippen LogP contribution in [-0.2, 0) is 0 Å². The lowest BCUT2D eigenvalue weighted by Crippen LogP contribution is -2.56. The molecule has 2 N–H and O–H groups in total. The molecule has 2 rings (SSSR count). The Morgan fingerprint density at radius 1 is 1.50 bits per heavy atom. The second-order valence-corrected chi connectivity index (χ2v) is 4.10. The third-order valence-corrected chi connectivity index (χ3v) is 3.25. The first-order valence-corrected chi connectivity index (χ1v) is 4.90. The molecule has 0 aliphatic carbocycles. The van der Waals surface area contributed by atoms with Crippen molar-refractivity contribution in [2.24, 2.45) is 5.92 Å². The fourth-order valence-electron chi connectivity index (χ4n) is 2.21. The second-order valence-electron chi connectivity index (χ2n) is 4.10. The standard InChI is InChI=1S/C9H18N2O/c1-7(8-2-3-10-4-8)11-5-9(12)6-11/h7-10,12H,2-6H2,1H3. The summed E-state index contributed by atoms with van der Waals surface area (Å²) in [7, 11) is 0. The third kappa shape index (κ3) is 1.49. The van der Waals surface area contributed by atoms with Crippen LogP contribution >= 0.6 is 0 Å². The molecule has 0 amide bonds. The SMILES string of the molecule is CC(C1CCNC1)N1CC(O)C1. The summed E-state index contributed by atoms with van der Waals surface area (Å²) in [6.45, 7) is 6.39. The highest BCUT2D eigenvalue weighted by Crippen LogP contribution is 2.22. The molecular formula is C9H18N2O. The molecule has 2 aliphatic rings. The monoisotopic (exact) mass is 170 g/mol. The van der Waals surface area contributed by atoms with Crippen molar-refractivity contribution >= 4 is 0 Å². The molecule has 3 heteroatoms. The summed E-state index contributed by atoms with van der Waals surface area (Å²) >= 11 is 0. The van der Waals surface area contributed by atoms with E-state index >= 15 is 0 Å². The van der Waals surface area contributed by atoms with Crippen LogP contribution in [0.1, 0.15) is 13.3 Å². The van der Waals surface area contributed by atoms with Crippen LogP contribution in [-0.4, -0.2) is 48.3 Å². The van der Waals surface area contributed by atoms with Crippen molar-refractivity contribution in [3.05, 3.63) is 0 Å². The van der Waals surface area contributed by atoms with Gasteiger partial charge in [0.1, 0.15) is 0 Å². The normalized spacial score (nSPS) is 35.0. The van der Waals surface area contributed by atoms with E-state index in [2.05, 4.69) is 17.1 Å². The molecule has 0 aromatic rings. The molecule has 0 aromatic carbocycles. The molecule has 2 heterocycles. The second kappa shape index (κ2) is 3.32. The minimum Gasteiger partial charge on any atom is -0.390 e. The smallest absolute Gasteiger partial charge is 0.0794 e. The fraction of sp³-hybridized carbons (Fsp3) is 1.00. The minimum absolute atomic E-state index is 0.0539. The molecule has 2 fully saturated rings. The van der Waals surface area contributed by atoms with Crippen LogP contribution in [0.2, 0.25) is 0 Å². The van der Waals surface area contributed by atoms with Gasteiger partial charge in [0.25, 0.3) is 0 Å². The van der Waals surface area contributed by atoms with Gasteiger partial charge in [-0.05, 0) is 32.4 Å². The van der Waals surface area contributed by atoms with Crippen LogP contribution < -0.4 is 5.32 Å². The first-order chi connectivity index (χ1) is 5.77. The van der Waals surface area contributed by atoms with Gasteiger partial charge in [0.2, 0.25) is 0 Å². The number of likely N-dealkylation sites (tertiary alicyclic amines) is 1. The first-order valence-electron chi connectivity index (χ1n) is 4.90. The van der Waals surface area contributed by atoms with Gasteiger partial charge in [0, 0.05) is 19.1 Å². The molecule has 0 aromatic heterocycles. The Kier molecular flexibility index (Phi) is 2.35. The Morgan fingerprint density at radius 2 is 2.25 bits per heavy atom. The number of nitrogens with zero attached hydrogens (tertiary/aromatic N) is 1. The highest BCUT2D eigenvalue weighted by atomic mass is 16.3. The molecule has 2 saturated heterocycles. The van der Waals surface area contributed by atoms with E-state index in [1.807, 2.05) is 0 Å². The summed E-state index contributed by atoms with van der Waals surface area (Å²) in [6.07, 6.45) is 1.25. The van der Waals surface area contributed by atoms with Crippen LogP contribution in [0.25, 0.3) is 0 Å². The maximum Gasteiger partial charge on any atom is 0.0794 e. The van der Waals surface area contributed by atoms with Gasteiger partial charge in [-0.15, -0.1) is 0 Å². The Bertz CT molecular complexity index is 151. The molecule has 0 saturated carbocycles. The minimum atomic E-state index is -0.0539. The zero-order valence-corrected chi connectivity index (χ0v) is 7.66. The summed E-state index contributed by atoms with van der Waals surface area (Å²) in [5.41, 5.74) is 0. The maximum absolute atomic E-state index is 9.15. The molecule has 2 unspecified atom stereocenters. The van der Waals surface area contributed by atoms with E-state index in [0.717, 1.165) is 25.6 Å². The molecule has 3 nitrogen and oxygen atoms in total. The van der Waals surface area contributed by atoms with Gasteiger partial charge in [0.05, 0.1) is 6.10 Å². The van der Waals surface area contributed by atoms with E-state index in [-0.39, 0.29) is 6.10 Å². The number of hydrogen-bond acceptors (Lipinski definition) is 3. The summed E-state index contributed by atoms with van der Waals surface area (Å²) in [5.74, 6) is 0.803. The van der Waals surface area contributed by atoms with E-state index in [0.29, 0.717) is 6.04 Å². The van der Waals surface area contributed by atoms with Crippen molar-refractivity contribution in [2.45, 2.75) is 25.5 Å². The molecule has 2 aliphatic heterocycles. The van der Waals surface area contributed by atoms with E-state index in [1.54, 1.807) is 0 Å². The highest BCUT2D eigenvalue weighted by Gasteiger charge is 2.33. The number of rotatable bonds is 2. The first kappa shape index (κ1) is 8.48. The Morgan fingerprint density at radius 3 is 2.75 bits per heavy atom. The summed E-state index contributed by atoms with van der Waals surface area (Å²) in [4.78, 5) is 2.38. The molecular weight excluding hydrogens is 152 g/mol. The van der Waals surface area contributed by atoms with Crippen molar-refractivity contribution in [3.8, 4) is 0 Å². The van der Waals surface area contributed by atoms with Gasteiger partial charge in [0.15, 0.2) is 0 Å². The van der Waals surface area contributed by atoms with E-state index in [9.17, 15) is 0 Å².